The van der Waals surface area contributed by atoms with Gasteiger partial charge < -0.3 is 9.80 Å². The molecule has 140 valence electrons. The number of amides is 4. The molecule has 26 heavy (non-hydrogen) atoms. The zero-order valence-electron chi connectivity index (χ0n) is 15.7. The summed E-state index contributed by atoms with van der Waals surface area (Å²) in [6.45, 7) is 3.20. The Hall–Kier alpha value is -2.63. The first-order valence-electron chi connectivity index (χ1n) is 8.99. The molecule has 0 spiro atoms. The van der Waals surface area contributed by atoms with Crippen LogP contribution in [0.2, 0.25) is 0 Å². The van der Waals surface area contributed by atoms with Crippen LogP contribution in [0.1, 0.15) is 31.7 Å². The van der Waals surface area contributed by atoms with Crippen molar-refractivity contribution in [2.45, 2.75) is 32.2 Å². The Balaban J connectivity index is 2.01. The van der Waals surface area contributed by atoms with E-state index in [4.69, 9.17) is 0 Å². The molecule has 1 saturated heterocycles. The Labute approximate surface area is 155 Å². The Bertz CT molecular complexity index is 672. The summed E-state index contributed by atoms with van der Waals surface area (Å²) in [7, 11) is 3.01. The molecule has 1 aliphatic heterocycles. The smallest absolute Gasteiger partial charge is 0.326 e. The number of urea groups is 1. The molecular formula is C20H27N3O3. The molecular weight excluding hydrogens is 330 g/mol. The number of likely N-dealkylation sites (N-methyl/N-ethyl adjacent to an activating group) is 2. The molecule has 4 amide bonds. The van der Waals surface area contributed by atoms with Crippen LogP contribution in [0, 0.1) is 0 Å². The van der Waals surface area contributed by atoms with E-state index in [9.17, 15) is 14.4 Å². The predicted molar refractivity (Wildman–Crippen MR) is 101 cm³/mol. The van der Waals surface area contributed by atoms with E-state index in [1.165, 1.54) is 11.9 Å². The monoisotopic (exact) mass is 357 g/mol. The molecule has 6 nitrogen and oxygen atoms in total. The number of imide groups is 1. The molecule has 0 radical (unpaired) electrons. The molecule has 0 aromatic heterocycles. The van der Waals surface area contributed by atoms with Crippen LogP contribution in [-0.4, -0.2) is 65.8 Å². The molecule has 2 rings (SSSR count). The van der Waals surface area contributed by atoms with Crippen molar-refractivity contribution in [2.75, 3.05) is 27.2 Å². The SMILES string of the molecule is CCCCN(CC=Cc1ccccc1)C(=O)CC1C(=O)N(C)C(=O)N1C. The molecule has 1 heterocycles. The average Bonchev–Trinajstić information content (AvgIpc) is 2.83. The van der Waals surface area contributed by atoms with Gasteiger partial charge in [0.15, 0.2) is 0 Å². The second-order valence-corrected chi connectivity index (χ2v) is 6.52. The minimum atomic E-state index is -0.706. The Morgan fingerprint density at radius 1 is 1.19 bits per heavy atom. The average molecular weight is 357 g/mol. The molecule has 1 unspecified atom stereocenters. The fourth-order valence-electron chi connectivity index (χ4n) is 2.92. The van der Waals surface area contributed by atoms with Gasteiger partial charge in [0.2, 0.25) is 5.91 Å². The van der Waals surface area contributed by atoms with E-state index in [0.29, 0.717) is 13.1 Å². The highest BCUT2D eigenvalue weighted by atomic mass is 16.2. The largest absolute Gasteiger partial charge is 0.339 e. The Morgan fingerprint density at radius 2 is 1.88 bits per heavy atom. The van der Waals surface area contributed by atoms with Crippen molar-refractivity contribution in [3.8, 4) is 0 Å². The molecule has 1 aromatic carbocycles. The standard InChI is InChI=1S/C20H27N3O3/c1-4-5-13-23(14-9-12-16-10-7-6-8-11-16)18(24)15-17-19(25)22(3)20(26)21(17)2/h6-12,17H,4-5,13-15H2,1-3H3. The van der Waals surface area contributed by atoms with Crippen LogP contribution >= 0.6 is 0 Å². The van der Waals surface area contributed by atoms with Gasteiger partial charge in [0.05, 0.1) is 6.42 Å². The third kappa shape index (κ3) is 4.71. The van der Waals surface area contributed by atoms with E-state index < -0.39 is 6.04 Å². The third-order valence-electron chi connectivity index (χ3n) is 4.61. The van der Waals surface area contributed by atoms with Gasteiger partial charge in [0, 0.05) is 27.2 Å². The number of nitrogens with zero attached hydrogens (tertiary/aromatic N) is 3. The van der Waals surface area contributed by atoms with Crippen molar-refractivity contribution in [3.05, 3.63) is 42.0 Å². The second-order valence-electron chi connectivity index (χ2n) is 6.52. The number of benzene rings is 1. The highest BCUT2D eigenvalue weighted by molar-refractivity contribution is 6.05. The van der Waals surface area contributed by atoms with Crippen molar-refractivity contribution >= 4 is 23.9 Å². The summed E-state index contributed by atoms with van der Waals surface area (Å²) < 4.78 is 0. The summed E-state index contributed by atoms with van der Waals surface area (Å²) in [5.41, 5.74) is 1.08. The van der Waals surface area contributed by atoms with Gasteiger partial charge >= 0.3 is 6.03 Å². The Kier molecular flexibility index (Phi) is 6.95. The van der Waals surface area contributed by atoms with E-state index in [1.807, 2.05) is 42.5 Å². The Morgan fingerprint density at radius 3 is 2.46 bits per heavy atom. The van der Waals surface area contributed by atoms with Crippen LogP contribution in [0.5, 0.6) is 0 Å². The predicted octanol–water partition coefficient (Wildman–Crippen LogP) is 2.61. The minimum absolute atomic E-state index is 0.0221. The van der Waals surface area contributed by atoms with E-state index in [0.717, 1.165) is 23.3 Å². The van der Waals surface area contributed by atoms with Crippen LogP contribution < -0.4 is 0 Å². The van der Waals surface area contributed by atoms with Crippen molar-refractivity contribution in [2.24, 2.45) is 0 Å². The summed E-state index contributed by atoms with van der Waals surface area (Å²) >= 11 is 0. The van der Waals surface area contributed by atoms with Crippen LogP contribution in [0.4, 0.5) is 4.79 Å². The van der Waals surface area contributed by atoms with Gasteiger partial charge in [-0.1, -0.05) is 55.8 Å². The summed E-state index contributed by atoms with van der Waals surface area (Å²) in [4.78, 5) is 41.0. The number of hydrogen-bond acceptors (Lipinski definition) is 3. The summed E-state index contributed by atoms with van der Waals surface area (Å²) in [5, 5.41) is 0. The van der Waals surface area contributed by atoms with Gasteiger partial charge in [-0.05, 0) is 12.0 Å². The van der Waals surface area contributed by atoms with E-state index in [-0.39, 0.29) is 24.3 Å². The second kappa shape index (κ2) is 9.17. The molecule has 0 N–H and O–H groups in total. The highest BCUT2D eigenvalue weighted by Gasteiger charge is 2.42. The molecule has 0 aliphatic carbocycles. The number of rotatable bonds is 8. The summed E-state index contributed by atoms with van der Waals surface area (Å²) in [6, 6.07) is 8.83. The van der Waals surface area contributed by atoms with Gasteiger partial charge in [-0.3, -0.25) is 14.5 Å². The molecule has 1 aliphatic rings. The molecule has 1 aromatic rings. The van der Waals surface area contributed by atoms with E-state index in [2.05, 4.69) is 6.92 Å². The third-order valence-corrected chi connectivity index (χ3v) is 4.61. The van der Waals surface area contributed by atoms with Crippen molar-refractivity contribution in [1.82, 2.24) is 14.7 Å². The van der Waals surface area contributed by atoms with Gasteiger partial charge in [-0.15, -0.1) is 0 Å². The van der Waals surface area contributed by atoms with Crippen molar-refractivity contribution in [1.29, 1.82) is 0 Å². The fraction of sp³-hybridized carbons (Fsp3) is 0.450. The fourth-order valence-corrected chi connectivity index (χ4v) is 2.92. The molecule has 0 bridgehead atoms. The number of carbonyl (C=O) groups is 3. The first-order valence-corrected chi connectivity index (χ1v) is 8.99. The lowest BCUT2D eigenvalue weighted by Crippen LogP contribution is -2.40. The molecule has 1 fully saturated rings. The van der Waals surface area contributed by atoms with Gasteiger partial charge in [-0.25, -0.2) is 4.79 Å². The quantitative estimate of drug-likeness (QED) is 0.672. The van der Waals surface area contributed by atoms with Gasteiger partial charge in [0.25, 0.3) is 5.91 Å². The first kappa shape index (κ1) is 19.7. The van der Waals surface area contributed by atoms with Crippen molar-refractivity contribution < 1.29 is 14.4 Å². The molecule has 0 saturated carbocycles. The molecule has 1 atom stereocenters. The number of hydrogen-bond donors (Lipinski definition) is 0. The van der Waals surface area contributed by atoms with Crippen LogP contribution in [0.25, 0.3) is 6.08 Å². The highest BCUT2D eigenvalue weighted by Crippen LogP contribution is 2.18. The van der Waals surface area contributed by atoms with Crippen LogP contribution in [0.3, 0.4) is 0 Å². The normalized spacial score (nSPS) is 17.4. The first-order chi connectivity index (χ1) is 12.5. The van der Waals surface area contributed by atoms with E-state index in [1.54, 1.807) is 11.9 Å². The topological polar surface area (TPSA) is 60.9 Å². The zero-order chi connectivity index (χ0) is 19.1. The maximum absolute atomic E-state index is 12.7. The van der Waals surface area contributed by atoms with Gasteiger partial charge in [-0.2, -0.15) is 0 Å². The summed E-state index contributed by atoms with van der Waals surface area (Å²) in [5.74, 6) is -0.425. The maximum atomic E-state index is 12.7. The van der Waals surface area contributed by atoms with Crippen LogP contribution in [0.15, 0.2) is 36.4 Å². The zero-order valence-corrected chi connectivity index (χ0v) is 15.7. The maximum Gasteiger partial charge on any atom is 0.326 e. The lowest BCUT2D eigenvalue weighted by atomic mass is 10.1. The van der Waals surface area contributed by atoms with Crippen molar-refractivity contribution in [3.63, 3.8) is 0 Å². The summed E-state index contributed by atoms with van der Waals surface area (Å²) in [6.07, 6.45) is 5.85. The van der Waals surface area contributed by atoms with E-state index >= 15 is 0 Å². The van der Waals surface area contributed by atoms with Gasteiger partial charge in [0.1, 0.15) is 6.04 Å². The number of unbranched alkanes of at least 4 members (excludes halogenated alkanes) is 1. The lowest BCUT2D eigenvalue weighted by molar-refractivity contribution is -0.136. The minimum Gasteiger partial charge on any atom is -0.339 e. The van der Waals surface area contributed by atoms with Crippen LogP contribution in [-0.2, 0) is 9.59 Å². The molecule has 6 heteroatoms. The lowest BCUT2D eigenvalue weighted by Gasteiger charge is -2.24. The number of carbonyl (C=O) groups excluding carboxylic acids is 3.